The Hall–Kier alpha value is -2.91. The highest BCUT2D eigenvalue weighted by Crippen LogP contribution is 2.57. The van der Waals surface area contributed by atoms with Crippen LogP contribution in [0.3, 0.4) is 0 Å². The number of hydrogen-bond donors (Lipinski definition) is 2. The number of rotatable bonds is 8. The van der Waals surface area contributed by atoms with Crippen LogP contribution < -0.4 is 5.32 Å². The standard InChI is InChI=1S/C27H22Cl3N3O4S/c1-15(38(35)36)17-4-2-16(3-5-17)12-23(34)31-20-13-21(29)24(22(30)14-20)27(10-11-27)26-32-25(33-37-26)18-6-8-19(28)9-7-18/h2-9,13-15,38H,10-12H2,1H3,(H,31,34). The highest BCUT2D eigenvalue weighted by Gasteiger charge is 2.53. The summed E-state index contributed by atoms with van der Waals surface area (Å²) in [6, 6.07) is 17.4. The molecule has 7 nitrogen and oxygen atoms in total. The molecule has 0 spiro atoms. The third-order valence-electron chi connectivity index (χ3n) is 6.64. The van der Waals surface area contributed by atoms with Crippen LogP contribution in [0.1, 0.15) is 47.6 Å². The van der Waals surface area contributed by atoms with Crippen molar-refractivity contribution < 1.29 is 17.7 Å². The molecule has 38 heavy (non-hydrogen) atoms. The molecule has 1 aliphatic carbocycles. The molecule has 1 heterocycles. The summed E-state index contributed by atoms with van der Waals surface area (Å²) in [6.45, 7) is 1.62. The molecule has 0 saturated heterocycles. The van der Waals surface area contributed by atoms with Gasteiger partial charge < -0.3 is 9.84 Å². The molecule has 1 unspecified atom stereocenters. The Bertz CT molecular complexity index is 1550. The molecule has 3 aromatic carbocycles. The summed E-state index contributed by atoms with van der Waals surface area (Å²) in [4.78, 5) is 17.3. The van der Waals surface area contributed by atoms with Gasteiger partial charge in [0.1, 0.15) is 10.7 Å². The van der Waals surface area contributed by atoms with Gasteiger partial charge >= 0.3 is 0 Å². The van der Waals surface area contributed by atoms with Crippen molar-refractivity contribution in [1.82, 2.24) is 10.1 Å². The molecule has 1 aliphatic rings. The fraction of sp³-hybridized carbons (Fsp3) is 0.222. The maximum Gasteiger partial charge on any atom is 0.237 e. The van der Waals surface area contributed by atoms with Gasteiger partial charge in [-0.1, -0.05) is 64.2 Å². The van der Waals surface area contributed by atoms with E-state index in [1.54, 1.807) is 55.5 Å². The maximum atomic E-state index is 12.7. The van der Waals surface area contributed by atoms with Gasteiger partial charge in [-0.3, -0.25) is 4.79 Å². The van der Waals surface area contributed by atoms with Crippen molar-refractivity contribution in [3.05, 3.63) is 98.3 Å². The van der Waals surface area contributed by atoms with E-state index in [1.165, 1.54) is 0 Å². The lowest BCUT2D eigenvalue weighted by molar-refractivity contribution is -0.115. The minimum atomic E-state index is -2.56. The van der Waals surface area contributed by atoms with E-state index in [0.29, 0.717) is 43.6 Å². The first-order valence-corrected chi connectivity index (χ1v) is 14.2. The molecule has 5 rings (SSSR count). The topological polar surface area (TPSA) is 102 Å². The van der Waals surface area contributed by atoms with E-state index in [-0.39, 0.29) is 12.3 Å². The second kappa shape index (κ2) is 10.7. The van der Waals surface area contributed by atoms with Crippen molar-refractivity contribution in [3.63, 3.8) is 0 Å². The lowest BCUT2D eigenvalue weighted by atomic mass is 9.95. The Morgan fingerprint density at radius 3 is 2.24 bits per heavy atom. The minimum Gasteiger partial charge on any atom is -0.338 e. The van der Waals surface area contributed by atoms with Crippen molar-refractivity contribution in [1.29, 1.82) is 0 Å². The number of thiol groups is 1. The van der Waals surface area contributed by atoms with Crippen molar-refractivity contribution in [2.24, 2.45) is 0 Å². The maximum absolute atomic E-state index is 12.7. The lowest BCUT2D eigenvalue weighted by Crippen LogP contribution is -2.16. The number of amides is 1. The average Bonchev–Trinajstić information content (AvgIpc) is 3.50. The summed E-state index contributed by atoms with van der Waals surface area (Å²) < 4.78 is 28.0. The van der Waals surface area contributed by atoms with E-state index < -0.39 is 21.4 Å². The van der Waals surface area contributed by atoms with Gasteiger partial charge in [-0.05, 0) is 67.3 Å². The summed E-state index contributed by atoms with van der Waals surface area (Å²) in [5, 5.41) is 7.77. The van der Waals surface area contributed by atoms with Crippen LogP contribution in [-0.4, -0.2) is 24.5 Å². The zero-order valence-electron chi connectivity index (χ0n) is 20.1. The molecule has 4 aromatic rings. The first-order chi connectivity index (χ1) is 18.2. The minimum absolute atomic E-state index is 0.106. The molecule has 1 aromatic heterocycles. The van der Waals surface area contributed by atoms with Crippen LogP contribution in [0.25, 0.3) is 11.4 Å². The van der Waals surface area contributed by atoms with E-state index in [1.807, 2.05) is 12.1 Å². The Kier molecular flexibility index (Phi) is 7.51. The summed E-state index contributed by atoms with van der Waals surface area (Å²) in [5.74, 6) is 0.622. The number of anilines is 1. The SMILES string of the molecule is CC(c1ccc(CC(=O)Nc2cc(Cl)c(C3(c4nc(-c5ccc(Cl)cc5)no4)CC3)c(Cl)c2)cc1)[SH](=O)=O. The van der Waals surface area contributed by atoms with Crippen molar-refractivity contribution >= 4 is 57.1 Å². The van der Waals surface area contributed by atoms with Crippen molar-refractivity contribution in [3.8, 4) is 11.4 Å². The van der Waals surface area contributed by atoms with Crippen LogP contribution in [0.5, 0.6) is 0 Å². The van der Waals surface area contributed by atoms with E-state index in [9.17, 15) is 13.2 Å². The monoisotopic (exact) mass is 589 g/mol. The molecule has 11 heteroatoms. The highest BCUT2D eigenvalue weighted by atomic mass is 35.5. The molecule has 1 saturated carbocycles. The van der Waals surface area contributed by atoms with Gasteiger partial charge in [0.25, 0.3) is 0 Å². The van der Waals surface area contributed by atoms with E-state index in [2.05, 4.69) is 15.5 Å². The largest absolute Gasteiger partial charge is 0.338 e. The van der Waals surface area contributed by atoms with E-state index in [4.69, 9.17) is 39.3 Å². The number of hydrogen-bond acceptors (Lipinski definition) is 6. The van der Waals surface area contributed by atoms with Crippen LogP contribution >= 0.6 is 34.8 Å². The van der Waals surface area contributed by atoms with Crippen LogP contribution in [0.2, 0.25) is 15.1 Å². The van der Waals surface area contributed by atoms with Gasteiger partial charge in [0.2, 0.25) is 17.6 Å². The van der Waals surface area contributed by atoms with Gasteiger partial charge in [-0.15, -0.1) is 0 Å². The quantitative estimate of drug-likeness (QED) is 0.223. The molecular weight excluding hydrogens is 569 g/mol. The molecule has 1 atom stereocenters. The van der Waals surface area contributed by atoms with Crippen molar-refractivity contribution in [2.75, 3.05) is 5.32 Å². The molecule has 1 amide bonds. The zero-order chi connectivity index (χ0) is 27.0. The molecule has 196 valence electrons. The van der Waals surface area contributed by atoms with Gasteiger partial charge in [0.15, 0.2) is 0 Å². The van der Waals surface area contributed by atoms with Crippen LogP contribution in [0.15, 0.2) is 65.2 Å². The number of carbonyl (C=O) groups is 1. The number of nitrogens with one attached hydrogen (secondary N) is 1. The normalized spacial score (nSPS) is 14.9. The number of halogens is 3. The second-order valence-corrected chi connectivity index (χ2v) is 11.9. The van der Waals surface area contributed by atoms with Crippen LogP contribution in [0.4, 0.5) is 5.69 Å². The van der Waals surface area contributed by atoms with Crippen LogP contribution in [0, 0.1) is 0 Å². The third-order valence-corrected chi connectivity index (χ3v) is 8.41. The van der Waals surface area contributed by atoms with Gasteiger partial charge in [0, 0.05) is 31.9 Å². The first kappa shape index (κ1) is 26.7. The molecule has 1 fully saturated rings. The predicted octanol–water partition coefficient (Wildman–Crippen LogP) is 6.63. The summed E-state index contributed by atoms with van der Waals surface area (Å²) in [5.41, 5.74) is 2.77. The van der Waals surface area contributed by atoms with Gasteiger partial charge in [-0.25, -0.2) is 8.42 Å². The summed E-state index contributed by atoms with van der Waals surface area (Å²) in [7, 11) is -2.56. The molecule has 0 aliphatic heterocycles. The Morgan fingerprint density at radius 2 is 1.66 bits per heavy atom. The fourth-order valence-electron chi connectivity index (χ4n) is 4.36. The number of benzene rings is 3. The fourth-order valence-corrected chi connectivity index (χ4v) is 5.75. The molecule has 0 bridgehead atoms. The third kappa shape index (κ3) is 5.45. The smallest absolute Gasteiger partial charge is 0.237 e. The van der Waals surface area contributed by atoms with Gasteiger partial charge in [0.05, 0.1) is 17.1 Å². The Labute approximate surface area is 236 Å². The summed E-state index contributed by atoms with van der Waals surface area (Å²) in [6.07, 6.45) is 1.60. The zero-order valence-corrected chi connectivity index (χ0v) is 23.2. The van der Waals surface area contributed by atoms with Crippen LogP contribution in [-0.2, 0) is 27.3 Å². The number of aromatic nitrogens is 2. The Morgan fingerprint density at radius 1 is 1.03 bits per heavy atom. The van der Waals surface area contributed by atoms with Gasteiger partial charge in [-0.2, -0.15) is 4.98 Å². The molecule has 1 N–H and O–H groups in total. The van der Waals surface area contributed by atoms with Crippen molar-refractivity contribution in [2.45, 2.75) is 36.9 Å². The number of carbonyl (C=O) groups excluding carboxylic acids is 1. The molecular formula is C27H22Cl3N3O4S. The number of nitrogens with zero attached hydrogens (tertiary/aromatic N) is 2. The highest BCUT2D eigenvalue weighted by molar-refractivity contribution is 7.72. The van der Waals surface area contributed by atoms with E-state index in [0.717, 1.165) is 24.0 Å². The average molecular weight is 591 g/mol. The lowest BCUT2D eigenvalue weighted by Gasteiger charge is -2.17. The van der Waals surface area contributed by atoms with E-state index >= 15 is 0 Å². The Balaban J connectivity index is 1.31. The molecule has 0 radical (unpaired) electrons. The summed E-state index contributed by atoms with van der Waals surface area (Å²) >= 11 is 19.3. The first-order valence-electron chi connectivity index (χ1n) is 11.8. The predicted molar refractivity (Wildman–Crippen MR) is 149 cm³/mol. The second-order valence-electron chi connectivity index (χ2n) is 9.25.